The minimum absolute atomic E-state index is 0.0456. The molecule has 2 aliphatic carbocycles. The molecule has 0 heterocycles. The highest BCUT2D eigenvalue weighted by molar-refractivity contribution is 5.70. The summed E-state index contributed by atoms with van der Waals surface area (Å²) in [4.78, 5) is 11.0. The van der Waals surface area contributed by atoms with Gasteiger partial charge < -0.3 is 14.8 Å². The van der Waals surface area contributed by atoms with Crippen LogP contribution in [0.4, 0.5) is 5.69 Å². The van der Waals surface area contributed by atoms with Crippen molar-refractivity contribution in [1.82, 2.24) is 0 Å². The standard InChI is InChI=1S/C16H21NO3/c1-19-15(18)10-20-14-8-6-13(7-9-14)17-16(11-2-3-11)12-4-5-12/h6-9,11-12,16-17H,2-5,10H2,1H3. The molecule has 1 aromatic rings. The van der Waals surface area contributed by atoms with Gasteiger partial charge in [0, 0.05) is 11.7 Å². The van der Waals surface area contributed by atoms with Crippen molar-refractivity contribution in [3.63, 3.8) is 0 Å². The van der Waals surface area contributed by atoms with E-state index in [1.54, 1.807) is 0 Å². The molecule has 0 bridgehead atoms. The summed E-state index contributed by atoms with van der Waals surface area (Å²) >= 11 is 0. The second kappa shape index (κ2) is 5.73. The van der Waals surface area contributed by atoms with Gasteiger partial charge >= 0.3 is 5.97 Å². The maximum atomic E-state index is 11.0. The van der Waals surface area contributed by atoms with E-state index >= 15 is 0 Å². The summed E-state index contributed by atoms with van der Waals surface area (Å²) in [5.41, 5.74) is 1.14. The van der Waals surface area contributed by atoms with E-state index in [1.807, 2.05) is 24.3 Å². The normalized spacial score (nSPS) is 17.9. The Hall–Kier alpha value is -1.71. The Morgan fingerprint density at radius 1 is 1.20 bits per heavy atom. The fourth-order valence-corrected chi connectivity index (χ4v) is 2.57. The van der Waals surface area contributed by atoms with E-state index in [-0.39, 0.29) is 12.6 Å². The van der Waals surface area contributed by atoms with Crippen LogP contribution in [0.5, 0.6) is 5.75 Å². The highest BCUT2D eigenvalue weighted by Crippen LogP contribution is 2.45. The zero-order valence-electron chi connectivity index (χ0n) is 11.8. The lowest BCUT2D eigenvalue weighted by molar-refractivity contribution is -0.142. The highest BCUT2D eigenvalue weighted by Gasteiger charge is 2.41. The van der Waals surface area contributed by atoms with E-state index in [9.17, 15) is 4.79 Å². The lowest BCUT2D eigenvalue weighted by Crippen LogP contribution is -2.24. The molecular weight excluding hydrogens is 254 g/mol. The van der Waals surface area contributed by atoms with Crippen molar-refractivity contribution in [1.29, 1.82) is 0 Å². The zero-order valence-corrected chi connectivity index (χ0v) is 11.8. The number of esters is 1. The Balaban J connectivity index is 1.54. The largest absolute Gasteiger partial charge is 0.482 e. The average Bonchev–Trinajstić information content (AvgIpc) is 3.36. The number of ether oxygens (including phenoxy) is 2. The summed E-state index contributed by atoms with van der Waals surface area (Å²) in [7, 11) is 1.36. The third-order valence-electron chi connectivity index (χ3n) is 4.03. The van der Waals surface area contributed by atoms with E-state index in [4.69, 9.17) is 4.74 Å². The van der Waals surface area contributed by atoms with Crippen LogP contribution in [-0.4, -0.2) is 25.7 Å². The fraction of sp³-hybridized carbons (Fsp3) is 0.562. The third kappa shape index (κ3) is 3.44. The number of benzene rings is 1. The first-order valence-corrected chi connectivity index (χ1v) is 7.32. The third-order valence-corrected chi connectivity index (χ3v) is 4.03. The van der Waals surface area contributed by atoms with Crippen molar-refractivity contribution in [3.05, 3.63) is 24.3 Å². The molecule has 0 saturated heterocycles. The number of methoxy groups -OCH3 is 1. The van der Waals surface area contributed by atoms with Crippen LogP contribution in [0.25, 0.3) is 0 Å². The van der Waals surface area contributed by atoms with Gasteiger partial charge in [0.1, 0.15) is 5.75 Å². The lowest BCUT2D eigenvalue weighted by atomic mass is 10.1. The smallest absolute Gasteiger partial charge is 0.343 e. The molecule has 20 heavy (non-hydrogen) atoms. The number of anilines is 1. The highest BCUT2D eigenvalue weighted by atomic mass is 16.6. The lowest BCUT2D eigenvalue weighted by Gasteiger charge is -2.19. The molecule has 0 spiro atoms. The van der Waals surface area contributed by atoms with Gasteiger partial charge in [0.15, 0.2) is 6.61 Å². The molecule has 0 unspecified atom stereocenters. The van der Waals surface area contributed by atoms with Gasteiger partial charge in [-0.1, -0.05) is 0 Å². The Labute approximate surface area is 119 Å². The maximum Gasteiger partial charge on any atom is 0.343 e. The van der Waals surface area contributed by atoms with Gasteiger partial charge in [-0.05, 0) is 61.8 Å². The minimum Gasteiger partial charge on any atom is -0.482 e. The summed E-state index contributed by atoms with van der Waals surface area (Å²) in [5, 5.41) is 3.66. The summed E-state index contributed by atoms with van der Waals surface area (Å²) in [6.45, 7) is -0.0456. The van der Waals surface area contributed by atoms with E-state index < -0.39 is 0 Å². The van der Waals surface area contributed by atoms with Crippen LogP contribution in [0.2, 0.25) is 0 Å². The molecule has 2 aliphatic rings. The van der Waals surface area contributed by atoms with Crippen molar-refractivity contribution in [3.8, 4) is 5.75 Å². The molecule has 0 atom stereocenters. The number of nitrogens with one attached hydrogen (secondary N) is 1. The van der Waals surface area contributed by atoms with E-state index in [1.165, 1.54) is 32.8 Å². The van der Waals surface area contributed by atoms with Crippen LogP contribution >= 0.6 is 0 Å². The van der Waals surface area contributed by atoms with Crippen molar-refractivity contribution < 1.29 is 14.3 Å². The molecular formula is C16H21NO3. The van der Waals surface area contributed by atoms with Crippen molar-refractivity contribution in [2.45, 2.75) is 31.7 Å². The van der Waals surface area contributed by atoms with Crippen LogP contribution in [0, 0.1) is 11.8 Å². The van der Waals surface area contributed by atoms with Crippen LogP contribution in [0.15, 0.2) is 24.3 Å². The SMILES string of the molecule is COC(=O)COc1ccc(NC(C2CC2)C2CC2)cc1. The van der Waals surface area contributed by atoms with Gasteiger partial charge in [0.05, 0.1) is 7.11 Å². The molecule has 2 fully saturated rings. The molecule has 1 aromatic carbocycles. The first-order valence-electron chi connectivity index (χ1n) is 7.32. The van der Waals surface area contributed by atoms with Gasteiger partial charge in [-0.2, -0.15) is 0 Å². The molecule has 2 saturated carbocycles. The van der Waals surface area contributed by atoms with Gasteiger partial charge in [0.25, 0.3) is 0 Å². The number of carbonyl (C=O) groups is 1. The number of hydrogen-bond acceptors (Lipinski definition) is 4. The summed E-state index contributed by atoms with van der Waals surface area (Å²) in [6, 6.07) is 8.47. The Bertz CT molecular complexity index is 451. The molecule has 0 aliphatic heterocycles. The van der Waals surface area contributed by atoms with Crippen LogP contribution in [-0.2, 0) is 9.53 Å². The van der Waals surface area contributed by atoms with Gasteiger partial charge in [-0.15, -0.1) is 0 Å². The van der Waals surface area contributed by atoms with Crippen LogP contribution in [0.1, 0.15) is 25.7 Å². The fourth-order valence-electron chi connectivity index (χ4n) is 2.57. The molecule has 4 heteroatoms. The predicted octanol–water partition coefficient (Wildman–Crippen LogP) is 2.84. The van der Waals surface area contributed by atoms with Crippen molar-refractivity contribution in [2.75, 3.05) is 19.0 Å². The summed E-state index contributed by atoms with van der Waals surface area (Å²) in [5.74, 6) is 2.07. The molecule has 108 valence electrons. The second-order valence-corrected chi connectivity index (χ2v) is 5.73. The van der Waals surface area contributed by atoms with E-state index in [0.29, 0.717) is 11.8 Å². The van der Waals surface area contributed by atoms with Crippen LogP contribution < -0.4 is 10.1 Å². The van der Waals surface area contributed by atoms with Crippen molar-refractivity contribution in [2.24, 2.45) is 11.8 Å². The monoisotopic (exact) mass is 275 g/mol. The number of rotatable bonds is 7. The molecule has 0 radical (unpaired) electrons. The Kier molecular flexibility index (Phi) is 3.81. The minimum atomic E-state index is -0.366. The zero-order chi connectivity index (χ0) is 13.9. The van der Waals surface area contributed by atoms with Gasteiger partial charge in [0.2, 0.25) is 0 Å². The molecule has 1 N–H and O–H groups in total. The summed E-state index contributed by atoms with van der Waals surface area (Å²) < 4.78 is 9.87. The topological polar surface area (TPSA) is 47.6 Å². The molecule has 4 nitrogen and oxygen atoms in total. The first-order chi connectivity index (χ1) is 9.76. The quantitative estimate of drug-likeness (QED) is 0.777. The maximum absolute atomic E-state index is 11.0. The Morgan fingerprint density at radius 2 is 1.80 bits per heavy atom. The summed E-state index contributed by atoms with van der Waals surface area (Å²) in [6.07, 6.45) is 5.48. The molecule has 3 rings (SSSR count). The molecule has 0 aromatic heterocycles. The first kappa shape index (κ1) is 13.3. The predicted molar refractivity (Wildman–Crippen MR) is 76.8 cm³/mol. The number of carbonyl (C=O) groups excluding carboxylic acids is 1. The average molecular weight is 275 g/mol. The van der Waals surface area contributed by atoms with E-state index in [0.717, 1.165) is 17.5 Å². The van der Waals surface area contributed by atoms with E-state index in [2.05, 4.69) is 10.1 Å². The van der Waals surface area contributed by atoms with Crippen molar-refractivity contribution >= 4 is 11.7 Å². The number of hydrogen-bond donors (Lipinski definition) is 1. The van der Waals surface area contributed by atoms with Gasteiger partial charge in [-0.3, -0.25) is 0 Å². The Morgan fingerprint density at radius 3 is 2.30 bits per heavy atom. The molecule has 0 amide bonds. The van der Waals surface area contributed by atoms with Gasteiger partial charge in [-0.25, -0.2) is 4.79 Å². The second-order valence-electron chi connectivity index (χ2n) is 5.73. The van der Waals surface area contributed by atoms with Crippen LogP contribution in [0.3, 0.4) is 0 Å².